The van der Waals surface area contributed by atoms with Crippen LogP contribution in [0.5, 0.6) is 0 Å². The molecule has 0 bridgehead atoms. The van der Waals surface area contributed by atoms with Gasteiger partial charge in [-0.05, 0) is 36.3 Å². The monoisotopic (exact) mass is 425 g/mol. The Balaban J connectivity index is 1.85. The molecule has 30 heavy (non-hydrogen) atoms. The molecule has 0 unspecified atom stereocenters. The minimum Gasteiger partial charge on any atom is -0.269 e. The Morgan fingerprint density at radius 1 is 1.13 bits per heavy atom. The van der Waals surface area contributed by atoms with Crippen molar-refractivity contribution in [1.29, 1.82) is 0 Å². The molecule has 1 N–H and O–H groups in total. The van der Waals surface area contributed by atoms with E-state index in [1.807, 2.05) is 39.1 Å². The number of carbonyl (C=O) groups excluding carboxylic acids is 1. The molecule has 0 atom stereocenters. The fourth-order valence-electron chi connectivity index (χ4n) is 3.49. The van der Waals surface area contributed by atoms with Gasteiger partial charge in [-0.1, -0.05) is 56.2 Å². The Kier molecular flexibility index (Phi) is 6.72. The summed E-state index contributed by atoms with van der Waals surface area (Å²) in [6.45, 7) is 3.86. The molecule has 0 aliphatic heterocycles. The molecule has 158 valence electrons. The van der Waals surface area contributed by atoms with E-state index < -0.39 is 15.9 Å². The van der Waals surface area contributed by atoms with Crippen molar-refractivity contribution in [3.8, 4) is 11.3 Å². The average molecular weight is 426 g/mol. The van der Waals surface area contributed by atoms with Crippen molar-refractivity contribution in [1.82, 2.24) is 14.5 Å². The molecule has 1 aromatic heterocycles. The first-order chi connectivity index (χ1) is 14.3. The maximum atomic E-state index is 12.2. The third-order valence-corrected chi connectivity index (χ3v) is 6.30. The van der Waals surface area contributed by atoms with Crippen LogP contribution >= 0.6 is 0 Å². The van der Waals surface area contributed by atoms with E-state index in [-0.39, 0.29) is 5.75 Å². The number of fused-ring (bicyclic) bond motifs is 1. The number of nitrogens with one attached hydrogen (secondary N) is 1. The van der Waals surface area contributed by atoms with Gasteiger partial charge in [0.05, 0.1) is 17.1 Å². The lowest BCUT2D eigenvalue weighted by Gasteiger charge is -2.07. The highest BCUT2D eigenvalue weighted by molar-refractivity contribution is 7.90. The van der Waals surface area contributed by atoms with Gasteiger partial charge in [-0.3, -0.25) is 9.48 Å². The first kappa shape index (κ1) is 21.8. The first-order valence-corrected chi connectivity index (χ1v) is 11.7. The second kappa shape index (κ2) is 9.26. The number of sulfonamides is 1. The number of carbonyl (C=O) groups is 1. The number of benzene rings is 2. The summed E-state index contributed by atoms with van der Waals surface area (Å²) >= 11 is 0. The Morgan fingerprint density at radius 2 is 1.87 bits per heavy atom. The number of rotatable bonds is 8. The van der Waals surface area contributed by atoms with Crippen LogP contribution in [-0.4, -0.2) is 29.9 Å². The van der Waals surface area contributed by atoms with Crippen molar-refractivity contribution in [3.63, 3.8) is 0 Å². The lowest BCUT2D eigenvalue weighted by Crippen LogP contribution is -2.31. The Bertz CT molecular complexity index is 1190. The van der Waals surface area contributed by atoms with Crippen LogP contribution in [0.3, 0.4) is 0 Å². The summed E-state index contributed by atoms with van der Waals surface area (Å²) in [7, 11) is -1.77. The van der Waals surface area contributed by atoms with E-state index in [2.05, 4.69) is 34.1 Å². The summed E-state index contributed by atoms with van der Waals surface area (Å²) in [6.07, 6.45) is 5.16. The van der Waals surface area contributed by atoms with Gasteiger partial charge in [0.1, 0.15) is 0 Å². The highest BCUT2D eigenvalue weighted by atomic mass is 32.2. The number of unbranched alkanes of at least 4 members (excludes halogenated alkanes) is 2. The minimum absolute atomic E-state index is 0.0469. The second-order valence-electron chi connectivity index (χ2n) is 7.36. The lowest BCUT2D eigenvalue weighted by molar-refractivity contribution is -0.114. The van der Waals surface area contributed by atoms with Crippen LogP contribution in [0.2, 0.25) is 0 Å². The highest BCUT2D eigenvalue weighted by Crippen LogP contribution is 2.29. The minimum atomic E-state index is -3.62. The van der Waals surface area contributed by atoms with Gasteiger partial charge in [0.2, 0.25) is 10.0 Å². The molecule has 3 rings (SSSR count). The number of nitrogens with zero attached hydrogens (tertiary/aromatic N) is 2. The summed E-state index contributed by atoms with van der Waals surface area (Å²) in [5.41, 5.74) is 3.39. The van der Waals surface area contributed by atoms with Crippen molar-refractivity contribution in [2.24, 2.45) is 7.05 Å². The van der Waals surface area contributed by atoms with Gasteiger partial charge in [-0.25, -0.2) is 13.1 Å². The Hall–Kier alpha value is -2.93. The molecule has 0 aliphatic carbocycles. The summed E-state index contributed by atoms with van der Waals surface area (Å²) in [6, 6.07) is 14.3. The van der Waals surface area contributed by atoms with Crippen LogP contribution < -0.4 is 4.72 Å². The average Bonchev–Trinajstić information content (AvgIpc) is 2.98. The summed E-state index contributed by atoms with van der Waals surface area (Å²) in [5, 5.41) is 6.74. The van der Waals surface area contributed by atoms with Gasteiger partial charge in [0.25, 0.3) is 5.91 Å². The van der Waals surface area contributed by atoms with Gasteiger partial charge in [-0.15, -0.1) is 0 Å². The molecule has 1 heterocycles. The quantitative estimate of drug-likeness (QED) is 0.433. The van der Waals surface area contributed by atoms with E-state index >= 15 is 0 Å². The molecular weight excluding hydrogens is 398 g/mol. The van der Waals surface area contributed by atoms with Gasteiger partial charge in [-0.2, -0.15) is 5.10 Å². The van der Waals surface area contributed by atoms with Crippen molar-refractivity contribution in [2.45, 2.75) is 33.1 Å². The van der Waals surface area contributed by atoms with Crippen molar-refractivity contribution < 1.29 is 13.2 Å². The second-order valence-corrected chi connectivity index (χ2v) is 9.20. The standard InChI is InChI=1S/C23H27N3O3S/c1-4-5-8-15-30(28,29)25-22(27)14-13-21-17(2)24-26(3)23(21)20-12-11-18-9-6-7-10-19(18)16-20/h6-7,9-14,16H,4-5,8,15H2,1-3H3,(H,25,27)/b14-13+. The molecule has 0 radical (unpaired) electrons. The van der Waals surface area contributed by atoms with Crippen molar-refractivity contribution >= 4 is 32.8 Å². The van der Waals surface area contributed by atoms with Gasteiger partial charge >= 0.3 is 0 Å². The van der Waals surface area contributed by atoms with E-state index in [1.165, 1.54) is 6.08 Å². The van der Waals surface area contributed by atoms with Crippen molar-refractivity contribution in [2.75, 3.05) is 5.75 Å². The molecule has 2 aromatic carbocycles. The van der Waals surface area contributed by atoms with E-state index in [9.17, 15) is 13.2 Å². The topological polar surface area (TPSA) is 81.1 Å². The van der Waals surface area contributed by atoms with Crippen LogP contribution in [0.4, 0.5) is 0 Å². The van der Waals surface area contributed by atoms with Crippen molar-refractivity contribution in [3.05, 3.63) is 59.8 Å². The molecule has 0 saturated carbocycles. The molecule has 1 amide bonds. The van der Waals surface area contributed by atoms with Gasteiger partial charge in [0.15, 0.2) is 0 Å². The van der Waals surface area contributed by atoms with Crippen LogP contribution in [0.1, 0.15) is 37.4 Å². The maximum absolute atomic E-state index is 12.2. The molecule has 0 aliphatic rings. The Morgan fingerprint density at radius 3 is 2.60 bits per heavy atom. The zero-order valence-electron chi connectivity index (χ0n) is 17.6. The van der Waals surface area contributed by atoms with Gasteiger partial charge < -0.3 is 0 Å². The lowest BCUT2D eigenvalue weighted by atomic mass is 10.0. The Labute approximate surface area is 177 Å². The van der Waals surface area contributed by atoms with E-state index in [0.717, 1.165) is 46.1 Å². The predicted octanol–water partition coefficient (Wildman–Crippen LogP) is 4.20. The largest absolute Gasteiger partial charge is 0.269 e. The van der Waals surface area contributed by atoms with Gasteiger partial charge in [0, 0.05) is 24.3 Å². The smallest absolute Gasteiger partial charge is 0.257 e. The highest BCUT2D eigenvalue weighted by Gasteiger charge is 2.15. The molecule has 3 aromatic rings. The van der Waals surface area contributed by atoms with E-state index in [1.54, 1.807) is 10.8 Å². The number of aryl methyl sites for hydroxylation is 2. The number of aromatic nitrogens is 2. The van der Waals surface area contributed by atoms with Crippen LogP contribution in [-0.2, 0) is 21.9 Å². The van der Waals surface area contributed by atoms with Crippen LogP contribution in [0, 0.1) is 6.92 Å². The molecular formula is C23H27N3O3S. The number of amides is 1. The zero-order valence-corrected chi connectivity index (χ0v) is 18.4. The third-order valence-electron chi connectivity index (χ3n) is 4.97. The summed E-state index contributed by atoms with van der Waals surface area (Å²) in [4.78, 5) is 12.2. The fraction of sp³-hybridized carbons (Fsp3) is 0.304. The molecule has 0 fully saturated rings. The van der Waals surface area contributed by atoms with E-state index in [4.69, 9.17) is 0 Å². The summed E-state index contributed by atoms with van der Waals surface area (Å²) < 4.78 is 27.9. The normalized spacial score (nSPS) is 12.0. The van der Waals surface area contributed by atoms with Crippen LogP contribution in [0.25, 0.3) is 28.1 Å². The maximum Gasteiger partial charge on any atom is 0.257 e. The molecule has 6 nitrogen and oxygen atoms in total. The molecule has 0 spiro atoms. The molecule has 0 saturated heterocycles. The van der Waals surface area contributed by atoms with E-state index in [0.29, 0.717) is 6.42 Å². The molecule has 7 heteroatoms. The predicted molar refractivity (Wildman–Crippen MR) is 121 cm³/mol. The fourth-order valence-corrected chi connectivity index (χ4v) is 4.55. The number of hydrogen-bond acceptors (Lipinski definition) is 4. The number of hydrogen-bond donors (Lipinski definition) is 1. The third kappa shape index (κ3) is 5.16. The first-order valence-electron chi connectivity index (χ1n) is 10.1. The SMILES string of the molecule is CCCCCS(=O)(=O)NC(=O)/C=C/c1c(C)nn(C)c1-c1ccc2ccccc2c1. The zero-order chi connectivity index (χ0) is 21.7. The van der Waals surface area contributed by atoms with Crippen LogP contribution in [0.15, 0.2) is 48.5 Å². The summed E-state index contributed by atoms with van der Waals surface area (Å²) in [5.74, 6) is -0.700.